The van der Waals surface area contributed by atoms with Gasteiger partial charge >= 0.3 is 5.97 Å². The Bertz CT molecular complexity index is 1100. The number of ether oxygens (including phenoxy) is 1. The Morgan fingerprint density at radius 2 is 2.22 bits per heavy atom. The van der Waals surface area contributed by atoms with E-state index in [1.54, 1.807) is 6.92 Å². The number of hydrogen-bond acceptors (Lipinski definition) is 6. The van der Waals surface area contributed by atoms with E-state index >= 15 is 0 Å². The summed E-state index contributed by atoms with van der Waals surface area (Å²) < 4.78 is 13.6. The zero-order chi connectivity index (χ0) is 19.1. The van der Waals surface area contributed by atoms with E-state index in [-0.39, 0.29) is 30.7 Å². The van der Waals surface area contributed by atoms with Crippen molar-refractivity contribution in [3.63, 3.8) is 0 Å². The van der Waals surface area contributed by atoms with Crippen molar-refractivity contribution < 1.29 is 13.9 Å². The number of rotatable bonds is 6. The highest BCUT2D eigenvalue weighted by Gasteiger charge is 2.30. The average Bonchev–Trinajstić information content (AvgIpc) is 3.38. The Hall–Kier alpha value is -2.19. The molecule has 1 saturated carbocycles. The molecule has 2 heterocycles. The van der Waals surface area contributed by atoms with Gasteiger partial charge in [0.2, 0.25) is 5.89 Å². The summed E-state index contributed by atoms with van der Waals surface area (Å²) >= 11 is 3.56. The van der Waals surface area contributed by atoms with Crippen molar-refractivity contribution in [1.29, 1.82) is 0 Å². The van der Waals surface area contributed by atoms with Crippen LogP contribution in [-0.2, 0) is 16.1 Å². The molecular formula is C19H20BrN3O4. The highest BCUT2D eigenvalue weighted by atomic mass is 79.9. The van der Waals surface area contributed by atoms with E-state index in [2.05, 4.69) is 26.2 Å². The fourth-order valence-corrected chi connectivity index (χ4v) is 3.64. The maximum atomic E-state index is 13.1. The second kappa shape index (κ2) is 7.09. The topological polar surface area (TPSA) is 86.4 Å². The minimum atomic E-state index is -0.337. The molecule has 0 aliphatic heterocycles. The number of aromatic nitrogens is 2. The Morgan fingerprint density at radius 3 is 2.93 bits per heavy atom. The Labute approximate surface area is 163 Å². The molecular weight excluding hydrogens is 414 g/mol. The van der Waals surface area contributed by atoms with E-state index in [1.165, 1.54) is 0 Å². The van der Waals surface area contributed by atoms with Crippen molar-refractivity contribution in [2.75, 3.05) is 13.2 Å². The van der Waals surface area contributed by atoms with Crippen LogP contribution in [0.15, 0.2) is 25.8 Å². The normalized spacial score (nSPS) is 14.2. The molecule has 0 spiro atoms. The van der Waals surface area contributed by atoms with Crippen molar-refractivity contribution in [2.24, 2.45) is 0 Å². The molecule has 3 aromatic rings. The largest absolute Gasteiger partial charge is 0.465 e. The van der Waals surface area contributed by atoms with Crippen LogP contribution in [0.3, 0.4) is 0 Å². The first-order chi connectivity index (χ1) is 13.0. The molecule has 7 nitrogen and oxygen atoms in total. The lowest BCUT2D eigenvalue weighted by Crippen LogP contribution is -2.24. The lowest BCUT2D eigenvalue weighted by Gasteiger charge is -2.12. The quantitative estimate of drug-likeness (QED) is 0.600. The molecule has 0 atom stereocenters. The third-order valence-electron chi connectivity index (χ3n) is 4.71. The number of halogens is 1. The van der Waals surface area contributed by atoms with Gasteiger partial charge in [-0.3, -0.25) is 14.9 Å². The third kappa shape index (κ3) is 3.27. The van der Waals surface area contributed by atoms with Gasteiger partial charge in [-0.1, -0.05) is 15.9 Å². The molecule has 0 radical (unpaired) electrons. The number of oxazole rings is 1. The number of pyridine rings is 1. The Kier molecular flexibility index (Phi) is 4.77. The number of nitrogens with zero attached hydrogens (tertiary/aromatic N) is 2. The zero-order valence-corrected chi connectivity index (χ0v) is 16.8. The van der Waals surface area contributed by atoms with E-state index in [1.807, 2.05) is 23.6 Å². The van der Waals surface area contributed by atoms with Gasteiger partial charge in [-0.05, 0) is 44.4 Å². The summed E-state index contributed by atoms with van der Waals surface area (Å²) in [5.74, 6) is 0.0393. The summed E-state index contributed by atoms with van der Waals surface area (Å²) in [4.78, 5) is 28.9. The molecule has 1 aromatic carbocycles. The summed E-state index contributed by atoms with van der Waals surface area (Å²) in [6, 6.07) is 4.13. The number of fused-ring (bicyclic) bond motifs is 3. The first kappa shape index (κ1) is 18.2. The summed E-state index contributed by atoms with van der Waals surface area (Å²) in [6.07, 6.45) is 2.00. The van der Waals surface area contributed by atoms with Gasteiger partial charge in [-0.2, -0.15) is 0 Å². The molecule has 27 heavy (non-hydrogen) atoms. The molecule has 1 N–H and O–H groups in total. The summed E-state index contributed by atoms with van der Waals surface area (Å²) in [5.41, 5.74) is 2.62. The van der Waals surface area contributed by atoms with Crippen molar-refractivity contribution in [1.82, 2.24) is 14.9 Å². The number of benzene rings is 1. The van der Waals surface area contributed by atoms with Crippen LogP contribution in [0.1, 0.15) is 37.3 Å². The zero-order valence-electron chi connectivity index (χ0n) is 15.2. The minimum Gasteiger partial charge on any atom is -0.465 e. The van der Waals surface area contributed by atoms with Crippen LogP contribution in [0.25, 0.3) is 22.0 Å². The highest BCUT2D eigenvalue weighted by molar-refractivity contribution is 9.10. The smallest absolute Gasteiger partial charge is 0.319 e. The second-order valence-electron chi connectivity index (χ2n) is 6.67. The predicted molar refractivity (Wildman–Crippen MR) is 105 cm³/mol. The third-order valence-corrected chi connectivity index (χ3v) is 5.57. The van der Waals surface area contributed by atoms with E-state index in [9.17, 15) is 9.59 Å². The summed E-state index contributed by atoms with van der Waals surface area (Å²) in [7, 11) is 0. The number of esters is 1. The molecule has 0 amide bonds. The Balaban J connectivity index is 1.78. The van der Waals surface area contributed by atoms with Crippen molar-refractivity contribution >= 4 is 43.9 Å². The first-order valence-electron chi connectivity index (χ1n) is 9.00. The molecule has 4 rings (SSSR count). The SMILES string of the molecule is CCOC(=O)CNCc1nc2c(=O)n(C3CC3)c3c(C)c(Br)ccc3c2o1. The van der Waals surface area contributed by atoms with Gasteiger partial charge in [-0.15, -0.1) is 0 Å². The lowest BCUT2D eigenvalue weighted by molar-refractivity contribution is -0.142. The van der Waals surface area contributed by atoms with Crippen LogP contribution < -0.4 is 10.9 Å². The molecule has 142 valence electrons. The second-order valence-corrected chi connectivity index (χ2v) is 7.52. The molecule has 1 fully saturated rings. The number of aryl methyl sites for hydroxylation is 1. The fourth-order valence-electron chi connectivity index (χ4n) is 3.32. The number of hydrogen-bond donors (Lipinski definition) is 1. The minimum absolute atomic E-state index is 0.0612. The average molecular weight is 434 g/mol. The van der Waals surface area contributed by atoms with Crippen LogP contribution in [0.4, 0.5) is 0 Å². The lowest BCUT2D eigenvalue weighted by atomic mass is 10.1. The van der Waals surface area contributed by atoms with E-state index in [4.69, 9.17) is 9.15 Å². The Morgan fingerprint density at radius 1 is 1.44 bits per heavy atom. The monoisotopic (exact) mass is 433 g/mol. The van der Waals surface area contributed by atoms with Gasteiger partial charge in [0.15, 0.2) is 11.1 Å². The summed E-state index contributed by atoms with van der Waals surface area (Å²) in [5, 5.41) is 3.81. The summed E-state index contributed by atoms with van der Waals surface area (Å²) in [6.45, 7) is 4.40. The van der Waals surface area contributed by atoms with Crippen LogP contribution in [0.2, 0.25) is 0 Å². The predicted octanol–water partition coefficient (Wildman–Crippen LogP) is 3.20. The van der Waals surface area contributed by atoms with Gasteiger partial charge in [0.1, 0.15) is 0 Å². The van der Waals surface area contributed by atoms with Crippen molar-refractivity contribution in [3.05, 3.63) is 38.4 Å². The maximum absolute atomic E-state index is 13.1. The molecule has 0 bridgehead atoms. The highest BCUT2D eigenvalue weighted by Crippen LogP contribution is 2.39. The molecule has 1 aliphatic rings. The molecule has 0 unspecified atom stereocenters. The first-order valence-corrected chi connectivity index (χ1v) is 9.79. The molecule has 0 saturated heterocycles. The van der Waals surface area contributed by atoms with Gasteiger partial charge in [0.25, 0.3) is 5.56 Å². The molecule has 1 aliphatic carbocycles. The van der Waals surface area contributed by atoms with Crippen LogP contribution in [0.5, 0.6) is 0 Å². The van der Waals surface area contributed by atoms with Crippen molar-refractivity contribution in [2.45, 2.75) is 39.3 Å². The van der Waals surface area contributed by atoms with Crippen LogP contribution in [0, 0.1) is 6.92 Å². The van der Waals surface area contributed by atoms with E-state index < -0.39 is 0 Å². The molecule has 2 aromatic heterocycles. The van der Waals surface area contributed by atoms with Gasteiger partial charge < -0.3 is 13.7 Å². The van der Waals surface area contributed by atoms with Crippen molar-refractivity contribution in [3.8, 4) is 0 Å². The standard InChI is InChI=1S/C19H20BrN3O4/c1-3-26-15(24)9-21-8-14-22-16-18(27-14)12-6-7-13(20)10(2)17(12)23(19(16)25)11-4-5-11/h6-7,11,21H,3-5,8-9H2,1-2H3. The number of carbonyl (C=O) groups excluding carboxylic acids is 1. The van der Waals surface area contributed by atoms with Gasteiger partial charge in [-0.25, -0.2) is 4.98 Å². The molecule has 8 heteroatoms. The van der Waals surface area contributed by atoms with Gasteiger partial charge in [0.05, 0.1) is 25.2 Å². The number of carbonyl (C=O) groups is 1. The van der Waals surface area contributed by atoms with E-state index in [0.717, 1.165) is 33.8 Å². The van der Waals surface area contributed by atoms with Gasteiger partial charge in [0, 0.05) is 15.9 Å². The fraction of sp³-hybridized carbons (Fsp3) is 0.421. The van der Waals surface area contributed by atoms with Crippen LogP contribution >= 0.6 is 15.9 Å². The van der Waals surface area contributed by atoms with Crippen LogP contribution in [-0.4, -0.2) is 28.7 Å². The van der Waals surface area contributed by atoms with E-state index in [0.29, 0.717) is 23.6 Å². The number of nitrogens with one attached hydrogen (secondary N) is 1. The maximum Gasteiger partial charge on any atom is 0.319 e.